The molecule has 1 unspecified atom stereocenters. The van der Waals surface area contributed by atoms with Crippen molar-refractivity contribution in [2.24, 2.45) is 0 Å². The van der Waals surface area contributed by atoms with Crippen LogP contribution in [0.3, 0.4) is 0 Å². The van der Waals surface area contributed by atoms with E-state index in [4.69, 9.17) is 11.2 Å². The van der Waals surface area contributed by atoms with Gasteiger partial charge in [0.05, 0.1) is 0 Å². The highest BCUT2D eigenvalue weighted by molar-refractivity contribution is 7.89. The number of rotatable bonds is 19. The molecule has 0 aliphatic heterocycles. The number of benzene rings is 1. The molecule has 1 nitrogen and oxygen atoms in total. The van der Waals surface area contributed by atoms with Gasteiger partial charge in [-0.15, -0.1) is 0 Å². The van der Waals surface area contributed by atoms with Gasteiger partial charge in [-0.25, -0.2) is 0 Å². The number of hydrogen-bond donors (Lipinski definition) is 1. The maximum absolute atomic E-state index is 9.53. The molecule has 1 atom stereocenters. The summed E-state index contributed by atoms with van der Waals surface area (Å²) in [6.45, 7) is 2.29. The van der Waals surface area contributed by atoms with Gasteiger partial charge in [-0.1, -0.05) is 133 Å². The van der Waals surface area contributed by atoms with Crippen molar-refractivity contribution < 1.29 is 5.11 Å². The van der Waals surface area contributed by atoms with Crippen molar-refractivity contribution in [2.45, 2.75) is 116 Å². The molecule has 0 fully saturated rings. The fraction of sp³-hybridized carbons (Fsp3) is 0.760. The molecule has 162 valence electrons. The number of phenolic OH excluding ortho intramolecular Hbond substituents is 1. The minimum absolute atomic E-state index is 0.327. The minimum atomic E-state index is -0.623. The molecule has 0 amide bonds. The third-order valence-corrected chi connectivity index (χ3v) is 8.21. The molecule has 0 aliphatic rings. The van der Waals surface area contributed by atoms with Crippen molar-refractivity contribution in [3.05, 3.63) is 24.3 Å². The molecule has 0 heterocycles. The van der Waals surface area contributed by atoms with E-state index in [9.17, 15) is 5.11 Å². The lowest BCUT2D eigenvalue weighted by Gasteiger charge is -2.10. The number of hydrogen-bond acceptors (Lipinski definition) is 1. The van der Waals surface area contributed by atoms with Crippen LogP contribution in [0.5, 0.6) is 5.75 Å². The minimum Gasteiger partial charge on any atom is -0.508 e. The molecule has 1 N–H and O–H groups in total. The Morgan fingerprint density at radius 1 is 0.679 bits per heavy atom. The van der Waals surface area contributed by atoms with Crippen LogP contribution in [0, 0.1) is 0 Å². The Hall–Kier alpha value is -0.260. The molecular weight excluding hydrogens is 383 g/mol. The predicted octanol–water partition coefficient (Wildman–Crippen LogP) is 9.30. The SMILES string of the molecule is CCCCCCCCCCCCCCCCCCCP(Cl)c1cccc(O)c1. The lowest BCUT2D eigenvalue weighted by Crippen LogP contribution is -1.98. The van der Waals surface area contributed by atoms with Gasteiger partial charge in [-0.2, -0.15) is 0 Å². The quantitative estimate of drug-likeness (QED) is 0.172. The Kier molecular flexibility index (Phi) is 17.3. The largest absolute Gasteiger partial charge is 0.508 e. The Balaban J connectivity index is 1.78. The lowest BCUT2D eigenvalue weighted by atomic mass is 10.0. The monoisotopic (exact) mass is 426 g/mol. The molecule has 28 heavy (non-hydrogen) atoms. The van der Waals surface area contributed by atoms with Crippen LogP contribution in [0.1, 0.15) is 116 Å². The summed E-state index contributed by atoms with van der Waals surface area (Å²) in [4.78, 5) is 0. The highest BCUT2D eigenvalue weighted by Gasteiger charge is 2.07. The molecule has 0 saturated carbocycles. The van der Waals surface area contributed by atoms with Crippen LogP contribution in [0.2, 0.25) is 0 Å². The average Bonchev–Trinajstić information content (AvgIpc) is 2.70. The highest BCUT2D eigenvalue weighted by Crippen LogP contribution is 2.41. The summed E-state index contributed by atoms with van der Waals surface area (Å²) in [5.74, 6) is 0.327. The molecule has 0 aliphatic carbocycles. The first-order valence-corrected chi connectivity index (χ1v) is 14.4. The molecule has 1 aromatic rings. The van der Waals surface area contributed by atoms with Crippen molar-refractivity contribution in [1.29, 1.82) is 0 Å². The summed E-state index contributed by atoms with van der Waals surface area (Å²) in [7, 11) is -0.623. The van der Waals surface area contributed by atoms with E-state index >= 15 is 0 Å². The molecule has 0 radical (unpaired) electrons. The summed E-state index contributed by atoms with van der Waals surface area (Å²) in [6, 6.07) is 7.44. The summed E-state index contributed by atoms with van der Waals surface area (Å²) in [5.41, 5.74) is 0. The van der Waals surface area contributed by atoms with E-state index in [1.165, 1.54) is 109 Å². The summed E-state index contributed by atoms with van der Waals surface area (Å²) >= 11 is 6.50. The fourth-order valence-electron chi connectivity index (χ4n) is 3.75. The van der Waals surface area contributed by atoms with Crippen LogP contribution >= 0.6 is 18.5 Å². The van der Waals surface area contributed by atoms with Crippen molar-refractivity contribution in [1.82, 2.24) is 0 Å². The zero-order valence-corrected chi connectivity index (χ0v) is 20.0. The third kappa shape index (κ3) is 14.7. The van der Waals surface area contributed by atoms with E-state index in [0.29, 0.717) is 5.75 Å². The highest BCUT2D eigenvalue weighted by atomic mass is 35.7. The van der Waals surface area contributed by atoms with Gasteiger partial charge in [0, 0.05) is 7.27 Å². The van der Waals surface area contributed by atoms with Gasteiger partial charge in [-0.05, 0) is 30.0 Å². The standard InChI is InChI=1S/C25H44ClOP/c1-2-3-4-5-6-7-8-9-10-11-12-13-14-15-16-17-18-22-28(26)25-21-19-20-24(27)23-25/h19-21,23,27H,2-18,22H2,1H3. The zero-order chi connectivity index (χ0) is 20.3. The van der Waals surface area contributed by atoms with Crippen molar-refractivity contribution >= 4 is 23.8 Å². The molecule has 3 heteroatoms. The third-order valence-electron chi connectivity index (χ3n) is 5.57. The van der Waals surface area contributed by atoms with E-state index in [-0.39, 0.29) is 0 Å². The Morgan fingerprint density at radius 2 is 1.11 bits per heavy atom. The van der Waals surface area contributed by atoms with Gasteiger partial charge in [0.2, 0.25) is 0 Å². The summed E-state index contributed by atoms with van der Waals surface area (Å²) < 4.78 is 0. The second-order valence-electron chi connectivity index (χ2n) is 8.26. The first-order valence-electron chi connectivity index (χ1n) is 12.0. The number of phenols is 1. The van der Waals surface area contributed by atoms with E-state index in [2.05, 4.69) is 6.92 Å². The lowest BCUT2D eigenvalue weighted by molar-refractivity contribution is 0.476. The van der Waals surface area contributed by atoms with Crippen molar-refractivity contribution in [3.8, 4) is 5.75 Å². The Morgan fingerprint density at radius 3 is 1.54 bits per heavy atom. The van der Waals surface area contributed by atoms with Crippen LogP contribution in [0.4, 0.5) is 0 Å². The average molecular weight is 427 g/mol. The molecule has 0 aromatic heterocycles. The van der Waals surface area contributed by atoms with E-state index in [0.717, 1.165) is 11.5 Å². The smallest absolute Gasteiger partial charge is 0.116 e. The molecule has 0 bridgehead atoms. The predicted molar refractivity (Wildman–Crippen MR) is 130 cm³/mol. The van der Waals surface area contributed by atoms with Gasteiger partial charge in [0.25, 0.3) is 0 Å². The van der Waals surface area contributed by atoms with Crippen LogP contribution in [-0.4, -0.2) is 11.3 Å². The fourth-order valence-corrected chi connectivity index (χ4v) is 5.70. The molecule has 1 aromatic carbocycles. The van der Waals surface area contributed by atoms with E-state index in [1.54, 1.807) is 6.07 Å². The molecule has 0 saturated heterocycles. The Bertz CT molecular complexity index is 466. The second-order valence-corrected chi connectivity index (χ2v) is 11.2. The second kappa shape index (κ2) is 18.7. The van der Waals surface area contributed by atoms with Gasteiger partial charge in [0.1, 0.15) is 5.75 Å². The van der Waals surface area contributed by atoms with Crippen LogP contribution in [0.25, 0.3) is 0 Å². The molecular formula is C25H44ClOP. The van der Waals surface area contributed by atoms with Crippen molar-refractivity contribution in [2.75, 3.05) is 6.16 Å². The van der Waals surface area contributed by atoms with Crippen LogP contribution < -0.4 is 5.30 Å². The van der Waals surface area contributed by atoms with Gasteiger partial charge < -0.3 is 5.11 Å². The first kappa shape index (κ1) is 25.8. The molecule has 1 rings (SSSR count). The topological polar surface area (TPSA) is 20.2 Å². The van der Waals surface area contributed by atoms with Crippen LogP contribution in [-0.2, 0) is 0 Å². The van der Waals surface area contributed by atoms with Gasteiger partial charge in [0.15, 0.2) is 0 Å². The maximum atomic E-state index is 9.53. The number of unbranched alkanes of at least 4 members (excludes halogenated alkanes) is 16. The van der Waals surface area contributed by atoms with Gasteiger partial charge >= 0.3 is 0 Å². The van der Waals surface area contributed by atoms with E-state index in [1.807, 2.05) is 18.2 Å². The number of aromatic hydroxyl groups is 1. The summed E-state index contributed by atoms with van der Waals surface area (Å²) in [6.07, 6.45) is 24.9. The van der Waals surface area contributed by atoms with Gasteiger partial charge in [-0.3, -0.25) is 0 Å². The first-order chi connectivity index (χ1) is 13.7. The van der Waals surface area contributed by atoms with E-state index < -0.39 is 7.27 Å². The van der Waals surface area contributed by atoms with Crippen LogP contribution in [0.15, 0.2) is 24.3 Å². The number of halogens is 1. The summed E-state index contributed by atoms with van der Waals surface area (Å²) in [5, 5.41) is 10.6. The Labute approximate surface area is 181 Å². The zero-order valence-electron chi connectivity index (χ0n) is 18.3. The normalized spacial score (nSPS) is 12.4. The maximum Gasteiger partial charge on any atom is 0.116 e. The molecule has 0 spiro atoms. The van der Waals surface area contributed by atoms with Crippen molar-refractivity contribution in [3.63, 3.8) is 0 Å².